The third kappa shape index (κ3) is 4.03. The number of hydrogen-bond acceptors (Lipinski definition) is 2. The van der Waals surface area contributed by atoms with Crippen LogP contribution in [-0.2, 0) is 13.1 Å². The fourth-order valence-electron chi connectivity index (χ4n) is 2.30. The van der Waals surface area contributed by atoms with Gasteiger partial charge in [-0.1, -0.05) is 35.9 Å². The fourth-order valence-corrected chi connectivity index (χ4v) is 2.50. The highest BCUT2D eigenvalue weighted by atomic mass is 35.5. The number of halogens is 2. The Labute approximate surface area is 130 Å². The molecular weight excluding hydrogens is 287 g/mol. The fraction of sp³-hybridized carbons (Fsp3) is 0.294. The van der Waals surface area contributed by atoms with E-state index in [-0.39, 0.29) is 11.9 Å². The van der Waals surface area contributed by atoms with Crippen LogP contribution in [0.3, 0.4) is 0 Å². The van der Waals surface area contributed by atoms with Gasteiger partial charge < -0.3 is 5.73 Å². The van der Waals surface area contributed by atoms with Crippen molar-refractivity contribution in [1.82, 2.24) is 4.90 Å². The topological polar surface area (TPSA) is 29.3 Å². The van der Waals surface area contributed by atoms with E-state index in [2.05, 4.69) is 11.8 Å². The molecule has 4 heteroatoms. The normalized spacial score (nSPS) is 12.7. The van der Waals surface area contributed by atoms with E-state index in [0.717, 1.165) is 11.1 Å². The molecule has 21 heavy (non-hydrogen) atoms. The monoisotopic (exact) mass is 306 g/mol. The molecule has 0 aromatic heterocycles. The van der Waals surface area contributed by atoms with E-state index in [1.54, 1.807) is 6.07 Å². The molecule has 2 aromatic rings. The van der Waals surface area contributed by atoms with Gasteiger partial charge in [0.2, 0.25) is 0 Å². The standard InChI is InChI=1S/C17H20ClFN2/c1-12(14-4-3-5-16(18)9-14)21(2)11-15-8-13(10-20)6-7-17(15)19/h3-9,12H,10-11,20H2,1-2H3. The van der Waals surface area contributed by atoms with Crippen molar-refractivity contribution in [3.63, 3.8) is 0 Å². The van der Waals surface area contributed by atoms with Crippen molar-refractivity contribution in [3.8, 4) is 0 Å². The van der Waals surface area contributed by atoms with Crippen LogP contribution in [0.5, 0.6) is 0 Å². The van der Waals surface area contributed by atoms with Crippen molar-refractivity contribution >= 4 is 11.6 Å². The predicted molar refractivity (Wildman–Crippen MR) is 85.6 cm³/mol. The molecule has 0 fully saturated rings. The van der Waals surface area contributed by atoms with E-state index in [4.69, 9.17) is 17.3 Å². The minimum Gasteiger partial charge on any atom is -0.326 e. The van der Waals surface area contributed by atoms with E-state index < -0.39 is 0 Å². The van der Waals surface area contributed by atoms with Gasteiger partial charge in [0.05, 0.1) is 0 Å². The van der Waals surface area contributed by atoms with Crippen molar-refractivity contribution in [1.29, 1.82) is 0 Å². The lowest BCUT2D eigenvalue weighted by molar-refractivity contribution is 0.249. The maximum Gasteiger partial charge on any atom is 0.127 e. The molecule has 0 amide bonds. The van der Waals surface area contributed by atoms with Crippen molar-refractivity contribution in [3.05, 3.63) is 70.0 Å². The van der Waals surface area contributed by atoms with E-state index in [0.29, 0.717) is 23.7 Å². The summed E-state index contributed by atoms with van der Waals surface area (Å²) in [4.78, 5) is 2.09. The van der Waals surface area contributed by atoms with Crippen LogP contribution in [0.4, 0.5) is 4.39 Å². The number of nitrogens with two attached hydrogens (primary N) is 1. The van der Waals surface area contributed by atoms with Crippen LogP contribution in [0, 0.1) is 5.82 Å². The minimum absolute atomic E-state index is 0.143. The first-order chi connectivity index (χ1) is 10.0. The van der Waals surface area contributed by atoms with Crippen LogP contribution in [0.2, 0.25) is 5.02 Å². The Kier molecular flexibility index (Phi) is 5.34. The van der Waals surface area contributed by atoms with E-state index >= 15 is 0 Å². The maximum absolute atomic E-state index is 13.9. The lowest BCUT2D eigenvalue weighted by Crippen LogP contribution is -2.22. The number of nitrogens with zero attached hydrogens (tertiary/aromatic N) is 1. The first kappa shape index (κ1) is 16.0. The van der Waals surface area contributed by atoms with E-state index in [1.165, 1.54) is 6.07 Å². The molecule has 2 N–H and O–H groups in total. The Morgan fingerprint density at radius 3 is 2.67 bits per heavy atom. The Hall–Kier alpha value is -1.42. The summed E-state index contributed by atoms with van der Waals surface area (Å²) in [5, 5.41) is 0.712. The molecule has 1 atom stereocenters. The number of rotatable bonds is 5. The summed E-state index contributed by atoms with van der Waals surface area (Å²) in [5.74, 6) is -0.197. The second kappa shape index (κ2) is 7.03. The second-order valence-corrected chi connectivity index (χ2v) is 5.71. The average molecular weight is 307 g/mol. The van der Waals surface area contributed by atoms with Gasteiger partial charge in [-0.15, -0.1) is 0 Å². The van der Waals surface area contributed by atoms with Gasteiger partial charge in [-0.2, -0.15) is 0 Å². The molecule has 2 nitrogen and oxygen atoms in total. The van der Waals surface area contributed by atoms with Crippen LogP contribution in [0.1, 0.15) is 29.7 Å². The van der Waals surface area contributed by atoms with Crippen molar-refractivity contribution in [2.45, 2.75) is 26.1 Å². The van der Waals surface area contributed by atoms with Crippen LogP contribution in [0.25, 0.3) is 0 Å². The molecule has 0 heterocycles. The lowest BCUT2D eigenvalue weighted by Gasteiger charge is -2.25. The molecule has 112 valence electrons. The largest absolute Gasteiger partial charge is 0.326 e. The van der Waals surface area contributed by atoms with Gasteiger partial charge >= 0.3 is 0 Å². The molecule has 0 bridgehead atoms. The van der Waals surface area contributed by atoms with Crippen LogP contribution >= 0.6 is 11.6 Å². The van der Waals surface area contributed by atoms with E-state index in [9.17, 15) is 4.39 Å². The van der Waals surface area contributed by atoms with Crippen molar-refractivity contribution in [2.24, 2.45) is 5.73 Å². The minimum atomic E-state index is -0.197. The third-order valence-electron chi connectivity index (χ3n) is 3.76. The second-order valence-electron chi connectivity index (χ2n) is 5.28. The smallest absolute Gasteiger partial charge is 0.127 e. The van der Waals surface area contributed by atoms with Gasteiger partial charge in [-0.05, 0) is 43.3 Å². The number of hydrogen-bond donors (Lipinski definition) is 1. The zero-order chi connectivity index (χ0) is 15.4. The first-order valence-corrected chi connectivity index (χ1v) is 7.32. The molecule has 0 saturated carbocycles. The molecule has 0 aliphatic heterocycles. The summed E-state index contributed by atoms with van der Waals surface area (Å²) in [6.45, 7) is 3.02. The van der Waals surface area contributed by atoms with Crippen LogP contribution in [-0.4, -0.2) is 11.9 Å². The Balaban J connectivity index is 2.15. The first-order valence-electron chi connectivity index (χ1n) is 6.94. The molecule has 0 aliphatic carbocycles. The van der Waals surface area contributed by atoms with Gasteiger partial charge in [0, 0.05) is 29.7 Å². The molecule has 0 radical (unpaired) electrons. The summed E-state index contributed by atoms with van der Waals surface area (Å²) in [6, 6.07) is 12.9. The van der Waals surface area contributed by atoms with Crippen molar-refractivity contribution < 1.29 is 4.39 Å². The van der Waals surface area contributed by atoms with Crippen molar-refractivity contribution in [2.75, 3.05) is 7.05 Å². The quantitative estimate of drug-likeness (QED) is 0.900. The molecular formula is C17H20ClFN2. The molecule has 2 aromatic carbocycles. The Bertz CT molecular complexity index is 615. The summed E-state index contributed by atoms with van der Waals surface area (Å²) in [6.07, 6.45) is 0. The molecule has 0 aliphatic rings. The van der Waals surface area contributed by atoms with E-state index in [1.807, 2.05) is 37.4 Å². The van der Waals surface area contributed by atoms with Crippen LogP contribution < -0.4 is 5.73 Å². The highest BCUT2D eigenvalue weighted by Crippen LogP contribution is 2.24. The average Bonchev–Trinajstić information content (AvgIpc) is 2.48. The maximum atomic E-state index is 13.9. The van der Waals surface area contributed by atoms with Gasteiger partial charge in [0.25, 0.3) is 0 Å². The molecule has 0 saturated heterocycles. The van der Waals surface area contributed by atoms with Crippen LogP contribution in [0.15, 0.2) is 42.5 Å². The van der Waals surface area contributed by atoms with Gasteiger partial charge in [0.1, 0.15) is 5.82 Å². The van der Waals surface area contributed by atoms with Gasteiger partial charge in [-0.25, -0.2) is 4.39 Å². The lowest BCUT2D eigenvalue weighted by atomic mass is 10.1. The highest BCUT2D eigenvalue weighted by molar-refractivity contribution is 6.30. The number of benzene rings is 2. The Morgan fingerprint density at radius 1 is 1.24 bits per heavy atom. The molecule has 2 rings (SSSR count). The zero-order valence-electron chi connectivity index (χ0n) is 12.3. The highest BCUT2D eigenvalue weighted by Gasteiger charge is 2.14. The zero-order valence-corrected chi connectivity index (χ0v) is 13.1. The summed E-state index contributed by atoms with van der Waals surface area (Å²) in [5.41, 5.74) is 8.33. The third-order valence-corrected chi connectivity index (χ3v) is 3.99. The van der Waals surface area contributed by atoms with Gasteiger partial charge in [-0.3, -0.25) is 4.90 Å². The Morgan fingerprint density at radius 2 is 2.00 bits per heavy atom. The summed E-state index contributed by atoms with van der Waals surface area (Å²) < 4.78 is 13.9. The SMILES string of the molecule is CC(c1cccc(Cl)c1)N(C)Cc1cc(CN)ccc1F. The molecule has 1 unspecified atom stereocenters. The molecule has 0 spiro atoms. The predicted octanol–water partition coefficient (Wildman–Crippen LogP) is 4.13. The summed E-state index contributed by atoms with van der Waals surface area (Å²) >= 11 is 6.03. The summed E-state index contributed by atoms with van der Waals surface area (Å²) in [7, 11) is 1.97. The van der Waals surface area contributed by atoms with Gasteiger partial charge in [0.15, 0.2) is 0 Å².